The van der Waals surface area contributed by atoms with Crippen LogP contribution in [0.5, 0.6) is 0 Å². The molecule has 2 aliphatic carbocycles. The summed E-state index contributed by atoms with van der Waals surface area (Å²) < 4.78 is 2.26. The second-order valence-electron chi connectivity index (χ2n) is 9.68. The fourth-order valence-electron chi connectivity index (χ4n) is 6.62. The first-order valence-corrected chi connectivity index (χ1v) is 12.0. The number of benzene rings is 3. The van der Waals surface area contributed by atoms with Crippen LogP contribution in [0.3, 0.4) is 0 Å². The fraction of sp³-hybridized carbons (Fsp3) is 0.0645. The molecule has 0 saturated carbocycles. The molecule has 0 radical (unpaired) electrons. The maximum Gasteiger partial charge on any atom is 0.146 e. The Morgan fingerprint density at radius 1 is 0.629 bits per heavy atom. The highest BCUT2D eigenvalue weighted by Gasteiger charge is 2.30. The first-order valence-electron chi connectivity index (χ1n) is 12.0. The molecule has 0 atom stereocenters. The van der Waals surface area contributed by atoms with Crippen LogP contribution in [0.25, 0.3) is 60.6 Å². The standard InChI is InChI=1S/C31H18N4/c1-2-4-19-17(3-1)13-23-20(19)6-5-18-14-24-21(29(18)23)7-8-22-30(24)25-15-32-11-9-27(25)35-28-10-12-33-16-26(28)34-31(22)35/h1-12,15-16H,13-14H2. The number of rotatable bonds is 0. The van der Waals surface area contributed by atoms with Crippen molar-refractivity contribution in [2.75, 3.05) is 0 Å². The fourth-order valence-corrected chi connectivity index (χ4v) is 6.62. The van der Waals surface area contributed by atoms with E-state index in [9.17, 15) is 0 Å². The summed E-state index contributed by atoms with van der Waals surface area (Å²) >= 11 is 0. The van der Waals surface area contributed by atoms with E-state index in [0.29, 0.717) is 0 Å². The van der Waals surface area contributed by atoms with E-state index in [4.69, 9.17) is 4.98 Å². The third-order valence-electron chi connectivity index (χ3n) is 8.03. The largest absolute Gasteiger partial charge is 0.291 e. The molecule has 0 bridgehead atoms. The monoisotopic (exact) mass is 446 g/mol. The zero-order valence-corrected chi connectivity index (χ0v) is 18.8. The predicted octanol–water partition coefficient (Wildman–Crippen LogP) is 6.73. The maximum atomic E-state index is 5.03. The molecule has 7 aromatic rings. The molecule has 4 aromatic heterocycles. The Bertz CT molecular complexity index is 2070. The van der Waals surface area contributed by atoms with Crippen LogP contribution in [-0.4, -0.2) is 19.4 Å². The third-order valence-corrected chi connectivity index (χ3v) is 8.03. The van der Waals surface area contributed by atoms with Gasteiger partial charge in [-0.15, -0.1) is 0 Å². The van der Waals surface area contributed by atoms with Crippen LogP contribution in [0.4, 0.5) is 0 Å². The van der Waals surface area contributed by atoms with Gasteiger partial charge in [-0.05, 0) is 75.5 Å². The third kappa shape index (κ3) is 2.11. The smallest absolute Gasteiger partial charge is 0.146 e. The summed E-state index contributed by atoms with van der Waals surface area (Å²) in [5.41, 5.74) is 15.4. The van der Waals surface area contributed by atoms with E-state index in [0.717, 1.165) is 35.0 Å². The van der Waals surface area contributed by atoms with E-state index >= 15 is 0 Å². The SMILES string of the molecule is c1ccc2c(c1)Cc1c-2ccc2c1-c1ccc3c(c1C2)c1cnccc1n1c2ccncc2nc31. The summed E-state index contributed by atoms with van der Waals surface area (Å²) in [5, 5.41) is 3.63. The average Bonchev–Trinajstić information content (AvgIpc) is 3.59. The van der Waals surface area contributed by atoms with Gasteiger partial charge in [0.05, 0.1) is 17.2 Å². The first kappa shape index (κ1) is 17.8. The zero-order valence-electron chi connectivity index (χ0n) is 18.8. The summed E-state index contributed by atoms with van der Waals surface area (Å²) in [4.78, 5) is 13.9. The molecule has 4 heteroatoms. The van der Waals surface area contributed by atoms with Crippen LogP contribution in [0.15, 0.2) is 85.5 Å². The van der Waals surface area contributed by atoms with Crippen molar-refractivity contribution in [2.24, 2.45) is 0 Å². The molecule has 0 saturated heterocycles. The molecule has 0 amide bonds. The van der Waals surface area contributed by atoms with Gasteiger partial charge >= 0.3 is 0 Å². The Balaban J connectivity index is 1.42. The lowest BCUT2D eigenvalue weighted by Crippen LogP contribution is -1.95. The Morgan fingerprint density at radius 3 is 2.43 bits per heavy atom. The molecule has 3 aromatic carbocycles. The molecule has 0 N–H and O–H groups in total. The van der Waals surface area contributed by atoms with Crippen LogP contribution in [-0.2, 0) is 12.8 Å². The Morgan fingerprint density at radius 2 is 1.46 bits per heavy atom. The van der Waals surface area contributed by atoms with Crippen LogP contribution in [0.2, 0.25) is 0 Å². The Labute approximate surface area is 200 Å². The van der Waals surface area contributed by atoms with Crippen LogP contribution in [0, 0.1) is 0 Å². The molecule has 4 heterocycles. The quantitative estimate of drug-likeness (QED) is 0.243. The van der Waals surface area contributed by atoms with Gasteiger partial charge in [-0.25, -0.2) is 4.98 Å². The lowest BCUT2D eigenvalue weighted by atomic mass is 9.93. The highest BCUT2D eigenvalue weighted by Crippen LogP contribution is 2.50. The number of imidazole rings is 1. The van der Waals surface area contributed by atoms with Gasteiger partial charge in [0.2, 0.25) is 0 Å². The van der Waals surface area contributed by atoms with Crippen molar-refractivity contribution in [3.05, 3.63) is 108 Å². The maximum absolute atomic E-state index is 5.03. The second-order valence-corrected chi connectivity index (χ2v) is 9.68. The number of hydrogen-bond acceptors (Lipinski definition) is 3. The van der Waals surface area contributed by atoms with Gasteiger partial charge in [-0.3, -0.25) is 14.4 Å². The Hall–Kier alpha value is -4.57. The summed E-state index contributed by atoms with van der Waals surface area (Å²) in [7, 11) is 0. The van der Waals surface area contributed by atoms with Crippen molar-refractivity contribution in [1.29, 1.82) is 0 Å². The summed E-state index contributed by atoms with van der Waals surface area (Å²) in [6.07, 6.45) is 9.53. The van der Waals surface area contributed by atoms with Crippen molar-refractivity contribution in [1.82, 2.24) is 19.4 Å². The van der Waals surface area contributed by atoms with Gasteiger partial charge in [-0.1, -0.05) is 42.5 Å². The molecule has 0 unspecified atom stereocenters. The number of fused-ring (bicyclic) bond motifs is 16. The molecule has 4 nitrogen and oxygen atoms in total. The van der Waals surface area contributed by atoms with E-state index in [-0.39, 0.29) is 0 Å². The van der Waals surface area contributed by atoms with Gasteiger partial charge < -0.3 is 0 Å². The molecule has 0 fully saturated rings. The molecular weight excluding hydrogens is 428 g/mol. The number of hydrogen-bond donors (Lipinski definition) is 0. The molecule has 162 valence electrons. The van der Waals surface area contributed by atoms with Crippen LogP contribution < -0.4 is 0 Å². The van der Waals surface area contributed by atoms with Crippen molar-refractivity contribution < 1.29 is 0 Å². The highest BCUT2D eigenvalue weighted by molar-refractivity contribution is 6.17. The summed E-state index contributed by atoms with van der Waals surface area (Å²) in [5.74, 6) is 0. The second kappa shape index (κ2) is 6.10. The molecule has 0 aliphatic heterocycles. The minimum atomic E-state index is 0.914. The average molecular weight is 447 g/mol. The number of pyridine rings is 3. The lowest BCUT2D eigenvalue weighted by Gasteiger charge is -2.13. The molecule has 35 heavy (non-hydrogen) atoms. The first-order chi connectivity index (χ1) is 17.4. The van der Waals surface area contributed by atoms with Gasteiger partial charge in [0.25, 0.3) is 0 Å². The van der Waals surface area contributed by atoms with E-state index in [1.165, 1.54) is 60.7 Å². The minimum Gasteiger partial charge on any atom is -0.291 e. The van der Waals surface area contributed by atoms with Crippen LogP contribution >= 0.6 is 0 Å². The Kier molecular flexibility index (Phi) is 3.11. The number of nitrogens with zero attached hydrogens (tertiary/aromatic N) is 4. The summed E-state index contributed by atoms with van der Waals surface area (Å²) in [6.45, 7) is 0. The van der Waals surface area contributed by atoms with E-state index in [1.54, 1.807) is 0 Å². The highest BCUT2D eigenvalue weighted by atomic mass is 15.0. The lowest BCUT2D eigenvalue weighted by molar-refractivity contribution is 1.24. The van der Waals surface area contributed by atoms with E-state index in [2.05, 4.69) is 69.0 Å². The van der Waals surface area contributed by atoms with Crippen molar-refractivity contribution >= 4 is 38.4 Å². The predicted molar refractivity (Wildman–Crippen MR) is 140 cm³/mol. The molecule has 0 spiro atoms. The van der Waals surface area contributed by atoms with Gasteiger partial charge in [0.1, 0.15) is 11.2 Å². The summed E-state index contributed by atoms with van der Waals surface area (Å²) in [6, 6.07) is 22.3. The zero-order chi connectivity index (χ0) is 22.7. The molecular formula is C31H18N4. The van der Waals surface area contributed by atoms with Crippen molar-refractivity contribution in [3.63, 3.8) is 0 Å². The topological polar surface area (TPSA) is 43.1 Å². The molecule has 2 aliphatic rings. The molecule has 9 rings (SSSR count). The van der Waals surface area contributed by atoms with Gasteiger partial charge in [0.15, 0.2) is 0 Å². The van der Waals surface area contributed by atoms with E-state index in [1.807, 2.05) is 30.9 Å². The van der Waals surface area contributed by atoms with Gasteiger partial charge in [0, 0.05) is 34.7 Å². The minimum absolute atomic E-state index is 0.914. The normalized spacial score (nSPS) is 13.5. The van der Waals surface area contributed by atoms with Crippen molar-refractivity contribution in [3.8, 4) is 22.3 Å². The van der Waals surface area contributed by atoms with Crippen molar-refractivity contribution in [2.45, 2.75) is 12.8 Å². The van der Waals surface area contributed by atoms with Crippen LogP contribution in [0.1, 0.15) is 22.3 Å². The van der Waals surface area contributed by atoms with Gasteiger partial charge in [-0.2, -0.15) is 0 Å². The van der Waals surface area contributed by atoms with E-state index < -0.39 is 0 Å². The number of aromatic nitrogens is 4.